The molecule has 27 heavy (non-hydrogen) atoms. The smallest absolute Gasteiger partial charge is 0.268 e. The van der Waals surface area contributed by atoms with Crippen molar-refractivity contribution in [2.75, 3.05) is 5.32 Å². The molecule has 0 aliphatic rings. The quantitative estimate of drug-likeness (QED) is 0.501. The molecule has 0 unspecified atom stereocenters. The summed E-state index contributed by atoms with van der Waals surface area (Å²) in [6.07, 6.45) is 3.33. The molecular weight excluding hydrogens is 402 g/mol. The Hall–Kier alpha value is -2.35. The van der Waals surface area contributed by atoms with E-state index < -0.39 is 10.0 Å². The molecule has 2 heterocycles. The van der Waals surface area contributed by atoms with Gasteiger partial charge in [-0.25, -0.2) is 17.4 Å². The van der Waals surface area contributed by atoms with Gasteiger partial charge in [-0.3, -0.25) is 0 Å². The molecule has 4 rings (SSSR count). The fourth-order valence-corrected chi connectivity index (χ4v) is 5.09. The van der Waals surface area contributed by atoms with Crippen LogP contribution in [0.15, 0.2) is 65.8 Å². The fourth-order valence-electron chi connectivity index (χ4n) is 2.81. The molecule has 0 atom stereocenters. The van der Waals surface area contributed by atoms with Gasteiger partial charge in [-0.05, 0) is 43.3 Å². The van der Waals surface area contributed by atoms with Crippen molar-refractivity contribution in [3.05, 3.63) is 75.8 Å². The molecule has 0 saturated heterocycles. The van der Waals surface area contributed by atoms with Crippen molar-refractivity contribution < 1.29 is 8.42 Å². The maximum atomic E-state index is 12.9. The minimum Gasteiger partial charge on any atom is -0.380 e. The summed E-state index contributed by atoms with van der Waals surface area (Å²) in [7, 11) is -3.63. The lowest BCUT2D eigenvalue weighted by atomic mass is 10.2. The van der Waals surface area contributed by atoms with Crippen LogP contribution in [0.3, 0.4) is 0 Å². The summed E-state index contributed by atoms with van der Waals surface area (Å²) < 4.78 is 27.7. The van der Waals surface area contributed by atoms with E-state index >= 15 is 0 Å². The van der Waals surface area contributed by atoms with Gasteiger partial charge in [0.15, 0.2) is 4.47 Å². The number of fused-ring (bicyclic) bond motifs is 1. The molecule has 0 aliphatic heterocycles. The molecule has 0 radical (unpaired) electrons. The van der Waals surface area contributed by atoms with E-state index in [-0.39, 0.29) is 4.90 Å². The molecule has 1 N–H and O–H groups in total. The van der Waals surface area contributed by atoms with E-state index in [9.17, 15) is 8.42 Å². The molecular formula is C19H16ClN3O2S2. The average Bonchev–Trinajstić information content (AvgIpc) is 3.26. The summed E-state index contributed by atoms with van der Waals surface area (Å²) in [6.45, 7) is 2.54. The number of benzene rings is 2. The average molecular weight is 418 g/mol. The van der Waals surface area contributed by atoms with Crippen molar-refractivity contribution in [3.63, 3.8) is 0 Å². The maximum Gasteiger partial charge on any atom is 0.268 e. The van der Waals surface area contributed by atoms with E-state index in [1.54, 1.807) is 42.7 Å². The molecule has 4 aromatic rings. The first-order valence-electron chi connectivity index (χ1n) is 8.21. The third-order valence-corrected chi connectivity index (χ3v) is 7.04. The molecule has 2 aromatic heterocycles. The van der Waals surface area contributed by atoms with Gasteiger partial charge in [0.2, 0.25) is 0 Å². The normalized spacial score (nSPS) is 11.8. The maximum absolute atomic E-state index is 12.9. The number of hydrogen-bond acceptors (Lipinski definition) is 5. The minimum absolute atomic E-state index is 0.273. The number of halogens is 1. The Bertz CT molecular complexity index is 1210. The number of aromatic nitrogens is 2. The Morgan fingerprint density at radius 3 is 2.63 bits per heavy atom. The summed E-state index contributed by atoms with van der Waals surface area (Å²) >= 11 is 7.27. The number of rotatable bonds is 5. The van der Waals surface area contributed by atoms with Gasteiger partial charge in [0.25, 0.3) is 10.0 Å². The van der Waals surface area contributed by atoms with Crippen molar-refractivity contribution in [2.45, 2.75) is 18.4 Å². The van der Waals surface area contributed by atoms with E-state index in [0.29, 0.717) is 16.5 Å². The Morgan fingerprint density at radius 2 is 1.93 bits per heavy atom. The number of nitrogens with one attached hydrogen (secondary N) is 1. The fraction of sp³-hybridized carbons (Fsp3) is 0.105. The van der Waals surface area contributed by atoms with E-state index in [2.05, 4.69) is 10.3 Å². The molecule has 8 heteroatoms. The standard InChI is InChI=1S/C19H16ClN3O2S2/c1-13-2-5-17(6-3-13)27(24,25)23-9-8-14-10-15(4-7-18(14)23)21-11-16-12-22-19(20)26-16/h2-10,12,21H,11H2,1H3. The summed E-state index contributed by atoms with van der Waals surface area (Å²) in [5.74, 6) is 0. The van der Waals surface area contributed by atoms with Crippen molar-refractivity contribution in [3.8, 4) is 0 Å². The third-order valence-electron chi connectivity index (χ3n) is 4.22. The number of anilines is 1. The first-order chi connectivity index (χ1) is 12.9. The predicted molar refractivity (Wildman–Crippen MR) is 110 cm³/mol. The minimum atomic E-state index is -3.63. The van der Waals surface area contributed by atoms with Crippen LogP contribution in [0.25, 0.3) is 10.9 Å². The Labute approximate surface area is 166 Å². The SMILES string of the molecule is Cc1ccc(S(=O)(=O)n2ccc3cc(NCc4cnc(Cl)s4)ccc32)cc1. The van der Waals surface area contributed by atoms with Crippen LogP contribution in [-0.2, 0) is 16.6 Å². The molecule has 0 spiro atoms. The third kappa shape index (κ3) is 3.58. The van der Waals surface area contributed by atoms with Crippen LogP contribution in [0.1, 0.15) is 10.4 Å². The van der Waals surface area contributed by atoms with E-state index in [1.165, 1.54) is 15.3 Å². The van der Waals surface area contributed by atoms with Gasteiger partial charge in [-0.1, -0.05) is 29.3 Å². The molecule has 0 aliphatic carbocycles. The summed E-state index contributed by atoms with van der Waals surface area (Å²) in [5, 5.41) is 4.15. The lowest BCUT2D eigenvalue weighted by Gasteiger charge is -2.09. The second-order valence-corrected chi connectivity index (χ2v) is 9.65. The Kier molecular flexibility index (Phi) is 4.67. The highest BCUT2D eigenvalue weighted by atomic mass is 35.5. The molecule has 0 fully saturated rings. The van der Waals surface area contributed by atoms with Crippen molar-refractivity contribution in [1.29, 1.82) is 0 Å². The number of thiazole rings is 1. The zero-order chi connectivity index (χ0) is 19.0. The predicted octanol–water partition coefficient (Wildman–Crippen LogP) is 4.91. The van der Waals surface area contributed by atoms with Gasteiger partial charge in [0.1, 0.15) is 0 Å². The number of nitrogens with zero attached hydrogens (tertiary/aromatic N) is 2. The molecule has 0 saturated carbocycles. The van der Waals surface area contributed by atoms with Crippen LogP contribution in [-0.4, -0.2) is 17.4 Å². The molecule has 2 aromatic carbocycles. The van der Waals surface area contributed by atoms with Crippen LogP contribution in [0, 0.1) is 6.92 Å². The van der Waals surface area contributed by atoms with Crippen molar-refractivity contribution >= 4 is 49.6 Å². The summed E-state index contributed by atoms with van der Waals surface area (Å²) in [5.41, 5.74) is 2.56. The van der Waals surface area contributed by atoms with Crippen LogP contribution < -0.4 is 5.32 Å². The monoisotopic (exact) mass is 417 g/mol. The zero-order valence-corrected chi connectivity index (χ0v) is 16.8. The largest absolute Gasteiger partial charge is 0.380 e. The summed E-state index contributed by atoms with van der Waals surface area (Å²) in [6, 6.07) is 14.3. The van der Waals surface area contributed by atoms with Gasteiger partial charge in [-0.15, -0.1) is 11.3 Å². The Morgan fingerprint density at radius 1 is 1.15 bits per heavy atom. The Balaban J connectivity index is 1.63. The van der Waals surface area contributed by atoms with Gasteiger partial charge >= 0.3 is 0 Å². The van der Waals surface area contributed by atoms with Gasteiger partial charge in [-0.2, -0.15) is 0 Å². The lowest BCUT2D eigenvalue weighted by Crippen LogP contribution is -2.11. The van der Waals surface area contributed by atoms with Crippen LogP contribution >= 0.6 is 22.9 Å². The van der Waals surface area contributed by atoms with Crippen LogP contribution in [0.5, 0.6) is 0 Å². The number of hydrogen-bond donors (Lipinski definition) is 1. The van der Waals surface area contributed by atoms with E-state index in [0.717, 1.165) is 21.5 Å². The summed E-state index contributed by atoms with van der Waals surface area (Å²) in [4.78, 5) is 5.32. The molecule has 0 bridgehead atoms. The first-order valence-corrected chi connectivity index (χ1v) is 10.8. The highest BCUT2D eigenvalue weighted by molar-refractivity contribution is 7.90. The zero-order valence-electron chi connectivity index (χ0n) is 14.4. The van der Waals surface area contributed by atoms with Gasteiger partial charge in [0.05, 0.1) is 17.0 Å². The van der Waals surface area contributed by atoms with Gasteiger partial charge in [0, 0.05) is 28.3 Å². The van der Waals surface area contributed by atoms with Crippen molar-refractivity contribution in [2.24, 2.45) is 0 Å². The lowest BCUT2D eigenvalue weighted by molar-refractivity contribution is 0.589. The highest BCUT2D eigenvalue weighted by Crippen LogP contribution is 2.26. The highest BCUT2D eigenvalue weighted by Gasteiger charge is 2.18. The molecule has 5 nitrogen and oxygen atoms in total. The van der Waals surface area contributed by atoms with Crippen LogP contribution in [0.2, 0.25) is 4.47 Å². The molecule has 0 amide bonds. The first kappa shape index (κ1) is 18.0. The number of aryl methyl sites for hydroxylation is 1. The van der Waals surface area contributed by atoms with E-state index in [4.69, 9.17) is 11.6 Å². The van der Waals surface area contributed by atoms with Gasteiger partial charge < -0.3 is 5.32 Å². The second kappa shape index (κ2) is 6.99. The van der Waals surface area contributed by atoms with E-state index in [1.807, 2.05) is 25.1 Å². The second-order valence-electron chi connectivity index (χ2n) is 6.14. The topological polar surface area (TPSA) is 64.0 Å². The molecule has 138 valence electrons. The van der Waals surface area contributed by atoms with Crippen molar-refractivity contribution in [1.82, 2.24) is 8.96 Å². The van der Waals surface area contributed by atoms with Crippen LogP contribution in [0.4, 0.5) is 5.69 Å².